The maximum absolute atomic E-state index is 5.41. The third-order valence-corrected chi connectivity index (χ3v) is 5.30. The van der Waals surface area contributed by atoms with E-state index in [2.05, 4.69) is 51.7 Å². The number of aliphatic imine (C=N–C) groups is 1. The van der Waals surface area contributed by atoms with Crippen molar-refractivity contribution in [1.29, 1.82) is 0 Å². The van der Waals surface area contributed by atoms with Gasteiger partial charge in [-0.05, 0) is 26.7 Å². The third kappa shape index (κ3) is 6.88. The van der Waals surface area contributed by atoms with E-state index in [0.717, 1.165) is 68.0 Å². The number of hydrogen-bond acceptors (Lipinski definition) is 6. The highest BCUT2D eigenvalue weighted by molar-refractivity contribution is 14.0. The van der Waals surface area contributed by atoms with Crippen LogP contribution in [0.15, 0.2) is 29.5 Å². The van der Waals surface area contributed by atoms with E-state index in [0.29, 0.717) is 12.6 Å². The number of nitrogens with one attached hydrogen (secondary N) is 2. The van der Waals surface area contributed by atoms with Crippen LogP contribution in [0.25, 0.3) is 0 Å². The molecule has 2 N–H and O–H groups in total. The van der Waals surface area contributed by atoms with E-state index in [1.807, 2.05) is 10.6 Å². The Morgan fingerprint density at radius 3 is 2.39 bits per heavy atom. The normalized spacial score (nSPS) is 14.7. The largest absolute Gasteiger partial charge is 0.497 e. The van der Waals surface area contributed by atoms with Crippen LogP contribution in [-0.4, -0.2) is 60.6 Å². The summed E-state index contributed by atoms with van der Waals surface area (Å²) < 4.78 is 12.8. The van der Waals surface area contributed by atoms with Gasteiger partial charge < -0.3 is 29.6 Å². The van der Waals surface area contributed by atoms with Crippen LogP contribution < -0.4 is 25.0 Å². The SMILES string of the molecule is CCNC(=NCc1nncn1CC)NC1CCN(c2cc(OC)cc(OC)c2)CC1.I. The number of ether oxygens (including phenoxy) is 2. The van der Waals surface area contributed by atoms with Gasteiger partial charge in [0, 0.05) is 56.1 Å². The minimum Gasteiger partial charge on any atom is -0.497 e. The molecule has 1 aliphatic heterocycles. The molecular formula is C21H34IN7O2. The summed E-state index contributed by atoms with van der Waals surface area (Å²) in [6.45, 7) is 8.22. The van der Waals surface area contributed by atoms with Crippen molar-refractivity contribution in [2.24, 2.45) is 4.99 Å². The standard InChI is InChI=1S/C21H33N7O2.HI/c1-5-22-21(23-14-20-26-24-15-27(20)6-2)25-16-7-9-28(10-8-16)17-11-18(29-3)13-19(12-17)30-4;/h11-13,15-16H,5-10,14H2,1-4H3,(H2,22,23,25);1H. The first-order valence-electron chi connectivity index (χ1n) is 10.6. The second-order valence-electron chi connectivity index (χ2n) is 7.20. The van der Waals surface area contributed by atoms with E-state index in [1.54, 1.807) is 20.5 Å². The first kappa shape index (κ1) is 25.0. The highest BCUT2D eigenvalue weighted by Crippen LogP contribution is 2.30. The van der Waals surface area contributed by atoms with Gasteiger partial charge in [0.25, 0.3) is 0 Å². The number of piperidine rings is 1. The molecule has 0 aliphatic carbocycles. The quantitative estimate of drug-likeness (QED) is 0.301. The third-order valence-electron chi connectivity index (χ3n) is 5.30. The molecule has 0 amide bonds. The zero-order valence-corrected chi connectivity index (χ0v) is 21.1. The maximum Gasteiger partial charge on any atom is 0.191 e. The number of rotatable bonds is 8. The number of guanidine groups is 1. The van der Waals surface area contributed by atoms with Gasteiger partial charge in [0.15, 0.2) is 11.8 Å². The molecule has 0 bridgehead atoms. The molecule has 1 aliphatic rings. The van der Waals surface area contributed by atoms with Crippen LogP contribution in [0.4, 0.5) is 5.69 Å². The van der Waals surface area contributed by atoms with Crippen LogP contribution in [-0.2, 0) is 13.1 Å². The second-order valence-corrected chi connectivity index (χ2v) is 7.20. The van der Waals surface area contributed by atoms with Gasteiger partial charge in [-0.15, -0.1) is 34.2 Å². The van der Waals surface area contributed by atoms with Crippen molar-refractivity contribution in [3.8, 4) is 11.5 Å². The average molecular weight is 543 g/mol. The lowest BCUT2D eigenvalue weighted by Gasteiger charge is -2.34. The van der Waals surface area contributed by atoms with Crippen molar-refractivity contribution in [2.45, 2.75) is 45.8 Å². The lowest BCUT2D eigenvalue weighted by Crippen LogP contribution is -2.48. The van der Waals surface area contributed by atoms with E-state index < -0.39 is 0 Å². The number of aromatic nitrogens is 3. The van der Waals surface area contributed by atoms with E-state index in [1.165, 1.54) is 0 Å². The molecule has 0 atom stereocenters. The van der Waals surface area contributed by atoms with Crippen LogP contribution >= 0.6 is 24.0 Å². The molecule has 10 heteroatoms. The summed E-state index contributed by atoms with van der Waals surface area (Å²) in [4.78, 5) is 7.08. The topological polar surface area (TPSA) is 88.8 Å². The Bertz CT molecular complexity index is 813. The second kappa shape index (κ2) is 12.6. The molecule has 0 unspecified atom stereocenters. The van der Waals surface area contributed by atoms with E-state index >= 15 is 0 Å². The number of aryl methyl sites for hydroxylation is 1. The number of anilines is 1. The molecule has 1 aromatic heterocycles. The molecule has 0 saturated carbocycles. The van der Waals surface area contributed by atoms with Gasteiger partial charge in [0.1, 0.15) is 24.4 Å². The molecule has 2 aromatic rings. The molecule has 9 nitrogen and oxygen atoms in total. The summed E-state index contributed by atoms with van der Waals surface area (Å²) in [6, 6.07) is 6.39. The Kier molecular flexibility index (Phi) is 10.2. The fraction of sp³-hybridized carbons (Fsp3) is 0.571. The fourth-order valence-corrected chi connectivity index (χ4v) is 3.59. The fourth-order valence-electron chi connectivity index (χ4n) is 3.59. The lowest BCUT2D eigenvalue weighted by molar-refractivity contribution is 0.393. The Morgan fingerprint density at radius 2 is 1.81 bits per heavy atom. The molecule has 3 rings (SSSR count). The minimum atomic E-state index is 0. The zero-order chi connectivity index (χ0) is 21.3. The molecule has 31 heavy (non-hydrogen) atoms. The predicted octanol–water partition coefficient (Wildman–Crippen LogP) is 2.66. The highest BCUT2D eigenvalue weighted by Gasteiger charge is 2.21. The molecular weight excluding hydrogens is 509 g/mol. The van der Waals surface area contributed by atoms with E-state index in [4.69, 9.17) is 14.5 Å². The Labute approximate surface area is 201 Å². The number of benzene rings is 1. The summed E-state index contributed by atoms with van der Waals surface area (Å²) >= 11 is 0. The number of halogens is 1. The Hall–Kier alpha value is -2.24. The van der Waals surface area contributed by atoms with Gasteiger partial charge in [0.2, 0.25) is 0 Å². The zero-order valence-electron chi connectivity index (χ0n) is 18.8. The molecule has 1 fully saturated rings. The first-order chi connectivity index (χ1) is 14.7. The van der Waals surface area contributed by atoms with Crippen LogP contribution in [0.1, 0.15) is 32.5 Å². The van der Waals surface area contributed by atoms with Crippen molar-refractivity contribution in [3.05, 3.63) is 30.4 Å². The summed E-state index contributed by atoms with van der Waals surface area (Å²) in [5, 5.41) is 15.1. The summed E-state index contributed by atoms with van der Waals surface area (Å²) in [5.41, 5.74) is 1.13. The van der Waals surface area contributed by atoms with Gasteiger partial charge in [-0.1, -0.05) is 0 Å². The van der Waals surface area contributed by atoms with Gasteiger partial charge in [-0.25, -0.2) is 4.99 Å². The van der Waals surface area contributed by atoms with Crippen LogP contribution in [0.2, 0.25) is 0 Å². The van der Waals surface area contributed by atoms with E-state index in [-0.39, 0.29) is 24.0 Å². The summed E-state index contributed by atoms with van der Waals surface area (Å²) in [7, 11) is 3.36. The number of hydrogen-bond donors (Lipinski definition) is 2. The first-order valence-corrected chi connectivity index (χ1v) is 10.6. The van der Waals surface area contributed by atoms with Gasteiger partial charge in [-0.3, -0.25) is 0 Å². The minimum absolute atomic E-state index is 0. The van der Waals surface area contributed by atoms with E-state index in [9.17, 15) is 0 Å². The van der Waals surface area contributed by atoms with Gasteiger partial charge in [-0.2, -0.15) is 0 Å². The number of methoxy groups -OCH3 is 2. The molecule has 0 spiro atoms. The summed E-state index contributed by atoms with van der Waals surface area (Å²) in [6.07, 6.45) is 3.79. The van der Waals surface area contributed by atoms with Gasteiger partial charge in [0.05, 0.1) is 14.2 Å². The average Bonchev–Trinajstić information content (AvgIpc) is 3.25. The van der Waals surface area contributed by atoms with Crippen LogP contribution in [0.3, 0.4) is 0 Å². The molecule has 1 aromatic carbocycles. The maximum atomic E-state index is 5.41. The van der Waals surface area contributed by atoms with Crippen LogP contribution in [0, 0.1) is 0 Å². The summed E-state index contributed by atoms with van der Waals surface area (Å²) in [5.74, 6) is 3.32. The monoisotopic (exact) mass is 543 g/mol. The smallest absolute Gasteiger partial charge is 0.191 e. The van der Waals surface area contributed by atoms with Crippen molar-refractivity contribution < 1.29 is 9.47 Å². The molecule has 0 radical (unpaired) electrons. The van der Waals surface area contributed by atoms with Crippen molar-refractivity contribution in [3.63, 3.8) is 0 Å². The van der Waals surface area contributed by atoms with Crippen molar-refractivity contribution in [2.75, 3.05) is 38.8 Å². The van der Waals surface area contributed by atoms with Crippen LogP contribution in [0.5, 0.6) is 11.5 Å². The Morgan fingerprint density at radius 1 is 1.13 bits per heavy atom. The molecule has 172 valence electrons. The molecule has 2 heterocycles. The van der Waals surface area contributed by atoms with Gasteiger partial charge >= 0.3 is 0 Å². The van der Waals surface area contributed by atoms with Crippen molar-refractivity contribution >= 4 is 35.6 Å². The number of nitrogens with zero attached hydrogens (tertiary/aromatic N) is 5. The highest BCUT2D eigenvalue weighted by atomic mass is 127. The predicted molar refractivity (Wildman–Crippen MR) is 134 cm³/mol. The Balaban J connectivity index is 0.00000341. The molecule has 1 saturated heterocycles. The lowest BCUT2D eigenvalue weighted by atomic mass is 10.0. The van der Waals surface area contributed by atoms with Crippen molar-refractivity contribution in [1.82, 2.24) is 25.4 Å².